The third-order valence-electron chi connectivity index (χ3n) is 2.96. The minimum absolute atomic E-state index is 0.164. The molecular formula is C17H20OS. The van der Waals surface area contributed by atoms with Gasteiger partial charge in [0.2, 0.25) is 0 Å². The van der Waals surface area contributed by atoms with E-state index >= 15 is 0 Å². The minimum Gasteiger partial charge on any atom is -0.373 e. The molecule has 0 N–H and O–H groups in total. The molecule has 2 rings (SSSR count). The van der Waals surface area contributed by atoms with Gasteiger partial charge in [0.1, 0.15) is 0 Å². The fourth-order valence-corrected chi connectivity index (χ4v) is 2.88. The second kappa shape index (κ2) is 7.37. The maximum Gasteiger partial charge on any atom is 0.0918 e. The molecule has 1 nitrogen and oxygen atoms in total. The normalized spacial score (nSPS) is 12.3. The third kappa shape index (κ3) is 4.41. The smallest absolute Gasteiger partial charge is 0.0918 e. The number of ether oxygens (including phenoxy) is 1. The Balaban J connectivity index is 1.99. The first-order chi connectivity index (χ1) is 9.29. The molecule has 2 aromatic carbocycles. The quantitative estimate of drug-likeness (QED) is 0.694. The van der Waals surface area contributed by atoms with Crippen LogP contribution in [0.4, 0.5) is 0 Å². The molecule has 0 amide bonds. The maximum atomic E-state index is 5.85. The summed E-state index contributed by atoms with van der Waals surface area (Å²) in [6.07, 6.45) is 0.164. The highest BCUT2D eigenvalue weighted by Crippen LogP contribution is 2.27. The van der Waals surface area contributed by atoms with Crippen molar-refractivity contribution in [3.8, 4) is 0 Å². The van der Waals surface area contributed by atoms with Crippen molar-refractivity contribution in [2.45, 2.75) is 24.8 Å². The largest absolute Gasteiger partial charge is 0.373 e. The van der Waals surface area contributed by atoms with Crippen LogP contribution in [-0.4, -0.2) is 12.4 Å². The average Bonchev–Trinajstić information content (AvgIpc) is 2.46. The van der Waals surface area contributed by atoms with Crippen LogP contribution in [0.15, 0.2) is 59.5 Å². The molecule has 0 bridgehead atoms. The van der Waals surface area contributed by atoms with Gasteiger partial charge in [-0.2, -0.15) is 0 Å². The lowest BCUT2D eigenvalue weighted by Gasteiger charge is -2.17. The highest BCUT2D eigenvalue weighted by atomic mass is 32.2. The summed E-state index contributed by atoms with van der Waals surface area (Å²) < 4.78 is 5.85. The van der Waals surface area contributed by atoms with Crippen LogP contribution >= 0.6 is 11.8 Å². The van der Waals surface area contributed by atoms with Crippen molar-refractivity contribution in [2.75, 3.05) is 12.4 Å². The Morgan fingerprint density at radius 1 is 1.00 bits per heavy atom. The van der Waals surface area contributed by atoms with E-state index in [-0.39, 0.29) is 6.10 Å². The van der Waals surface area contributed by atoms with Crippen LogP contribution < -0.4 is 0 Å². The number of benzene rings is 2. The van der Waals surface area contributed by atoms with Gasteiger partial charge in [0.15, 0.2) is 0 Å². The molecule has 0 saturated carbocycles. The average molecular weight is 272 g/mol. The van der Waals surface area contributed by atoms with Crippen LogP contribution in [0.25, 0.3) is 0 Å². The highest BCUT2D eigenvalue weighted by molar-refractivity contribution is 7.99. The summed E-state index contributed by atoms with van der Waals surface area (Å²) in [5.74, 6) is 0.945. The number of rotatable bonds is 6. The summed E-state index contributed by atoms with van der Waals surface area (Å²) in [7, 11) is 0. The van der Waals surface area contributed by atoms with E-state index in [0.29, 0.717) is 0 Å². The molecule has 0 spiro atoms. The van der Waals surface area contributed by atoms with Crippen molar-refractivity contribution in [1.29, 1.82) is 0 Å². The molecule has 2 aromatic rings. The predicted molar refractivity (Wildman–Crippen MR) is 82.7 cm³/mol. The monoisotopic (exact) mass is 272 g/mol. The van der Waals surface area contributed by atoms with Crippen LogP contribution in [0.2, 0.25) is 0 Å². The van der Waals surface area contributed by atoms with Crippen molar-refractivity contribution in [2.24, 2.45) is 0 Å². The zero-order valence-electron chi connectivity index (χ0n) is 11.5. The standard InChI is InChI=1S/C17H20OS/c1-3-18-17(15-7-5-4-6-8-15)13-19-16-11-9-14(2)10-12-16/h4-12,17H,3,13H2,1-2H3. The van der Waals surface area contributed by atoms with E-state index in [2.05, 4.69) is 55.5 Å². The summed E-state index contributed by atoms with van der Waals surface area (Å²) in [5, 5.41) is 0. The molecule has 0 aliphatic rings. The van der Waals surface area contributed by atoms with Gasteiger partial charge in [0.25, 0.3) is 0 Å². The molecule has 1 atom stereocenters. The third-order valence-corrected chi connectivity index (χ3v) is 4.04. The molecule has 100 valence electrons. The predicted octanol–water partition coefficient (Wildman–Crippen LogP) is 4.86. The Hall–Kier alpha value is -1.25. The topological polar surface area (TPSA) is 9.23 Å². The summed E-state index contributed by atoms with van der Waals surface area (Å²) in [4.78, 5) is 1.30. The number of hydrogen-bond acceptors (Lipinski definition) is 2. The minimum atomic E-state index is 0.164. The van der Waals surface area contributed by atoms with Gasteiger partial charge >= 0.3 is 0 Å². The molecule has 0 heterocycles. The van der Waals surface area contributed by atoms with Crippen molar-refractivity contribution in [3.05, 3.63) is 65.7 Å². The Kier molecular flexibility index (Phi) is 5.49. The summed E-state index contributed by atoms with van der Waals surface area (Å²) in [5.41, 5.74) is 2.55. The van der Waals surface area contributed by atoms with E-state index in [1.165, 1.54) is 16.0 Å². The Bertz CT molecular complexity index is 478. The molecule has 19 heavy (non-hydrogen) atoms. The van der Waals surface area contributed by atoms with Crippen LogP contribution in [0.3, 0.4) is 0 Å². The molecule has 1 unspecified atom stereocenters. The van der Waals surface area contributed by atoms with Crippen LogP contribution in [0.1, 0.15) is 24.2 Å². The first kappa shape index (κ1) is 14.2. The van der Waals surface area contributed by atoms with Gasteiger partial charge in [-0.1, -0.05) is 48.0 Å². The van der Waals surface area contributed by atoms with E-state index in [9.17, 15) is 0 Å². The van der Waals surface area contributed by atoms with Crippen LogP contribution in [-0.2, 0) is 4.74 Å². The lowest BCUT2D eigenvalue weighted by atomic mass is 10.1. The summed E-state index contributed by atoms with van der Waals surface area (Å²) in [6.45, 7) is 4.90. The molecule has 0 fully saturated rings. The second-order valence-corrected chi connectivity index (χ2v) is 5.57. The van der Waals surface area contributed by atoms with Gasteiger partial charge in [0.05, 0.1) is 6.10 Å². The molecule has 0 radical (unpaired) electrons. The van der Waals surface area contributed by atoms with E-state index in [1.54, 1.807) is 0 Å². The van der Waals surface area contributed by atoms with Gasteiger partial charge < -0.3 is 4.74 Å². The molecule has 0 saturated heterocycles. The van der Waals surface area contributed by atoms with E-state index < -0.39 is 0 Å². The molecule has 0 aliphatic heterocycles. The van der Waals surface area contributed by atoms with Gasteiger partial charge in [-0.3, -0.25) is 0 Å². The zero-order valence-corrected chi connectivity index (χ0v) is 12.3. The Morgan fingerprint density at radius 3 is 2.32 bits per heavy atom. The lowest BCUT2D eigenvalue weighted by Crippen LogP contribution is -2.06. The van der Waals surface area contributed by atoms with Gasteiger partial charge in [-0.25, -0.2) is 0 Å². The first-order valence-electron chi connectivity index (χ1n) is 6.65. The molecule has 2 heteroatoms. The summed E-state index contributed by atoms with van der Waals surface area (Å²) >= 11 is 1.85. The van der Waals surface area contributed by atoms with Gasteiger partial charge in [-0.15, -0.1) is 11.8 Å². The van der Waals surface area contributed by atoms with Crippen LogP contribution in [0.5, 0.6) is 0 Å². The van der Waals surface area contributed by atoms with Crippen molar-refractivity contribution in [1.82, 2.24) is 0 Å². The van der Waals surface area contributed by atoms with Gasteiger partial charge in [-0.05, 0) is 31.5 Å². The number of thioether (sulfide) groups is 1. The lowest BCUT2D eigenvalue weighted by molar-refractivity contribution is 0.0798. The van der Waals surface area contributed by atoms with E-state index in [0.717, 1.165) is 12.4 Å². The van der Waals surface area contributed by atoms with Gasteiger partial charge in [0, 0.05) is 17.3 Å². The highest BCUT2D eigenvalue weighted by Gasteiger charge is 2.11. The van der Waals surface area contributed by atoms with Crippen molar-refractivity contribution < 1.29 is 4.74 Å². The second-order valence-electron chi connectivity index (χ2n) is 4.48. The summed E-state index contributed by atoms with van der Waals surface area (Å²) in [6, 6.07) is 19.1. The van der Waals surface area contributed by atoms with E-state index in [4.69, 9.17) is 4.74 Å². The number of hydrogen-bond donors (Lipinski definition) is 0. The number of aryl methyl sites for hydroxylation is 1. The first-order valence-corrected chi connectivity index (χ1v) is 7.64. The Morgan fingerprint density at radius 2 is 1.68 bits per heavy atom. The molecular weight excluding hydrogens is 252 g/mol. The Labute approximate surface area is 120 Å². The maximum absolute atomic E-state index is 5.85. The zero-order chi connectivity index (χ0) is 13.5. The molecule has 0 aliphatic carbocycles. The van der Waals surface area contributed by atoms with E-state index in [1.807, 2.05) is 24.8 Å². The van der Waals surface area contributed by atoms with Crippen molar-refractivity contribution >= 4 is 11.8 Å². The SMILES string of the molecule is CCOC(CSc1ccc(C)cc1)c1ccccc1. The van der Waals surface area contributed by atoms with Crippen molar-refractivity contribution in [3.63, 3.8) is 0 Å². The molecule has 0 aromatic heterocycles. The fourth-order valence-electron chi connectivity index (χ4n) is 1.92. The fraction of sp³-hybridized carbons (Fsp3) is 0.294. The van der Waals surface area contributed by atoms with Crippen LogP contribution in [0, 0.1) is 6.92 Å².